The standard InChI is InChI=1S/C16H28N2O/c1-5-18(11-13(2)3)16(10-17)15-8-6-14(7-9-15)12-19-4/h6-9,13,16H,5,10-12,17H2,1-4H3. The van der Waals surface area contributed by atoms with E-state index in [-0.39, 0.29) is 0 Å². The summed E-state index contributed by atoms with van der Waals surface area (Å²) in [4.78, 5) is 2.45. The second-order valence-electron chi connectivity index (χ2n) is 5.41. The number of rotatable bonds is 8. The third-order valence-corrected chi connectivity index (χ3v) is 3.35. The van der Waals surface area contributed by atoms with Crippen LogP contribution in [-0.2, 0) is 11.3 Å². The van der Waals surface area contributed by atoms with Crippen LogP contribution in [0.4, 0.5) is 0 Å². The van der Waals surface area contributed by atoms with Crippen LogP contribution in [0.25, 0.3) is 0 Å². The molecule has 1 unspecified atom stereocenters. The molecule has 0 radical (unpaired) electrons. The number of benzene rings is 1. The molecule has 0 saturated heterocycles. The van der Waals surface area contributed by atoms with E-state index in [2.05, 4.69) is 49.9 Å². The first kappa shape index (κ1) is 16.2. The number of methoxy groups -OCH3 is 1. The van der Waals surface area contributed by atoms with Crippen LogP contribution in [-0.4, -0.2) is 31.6 Å². The SMILES string of the molecule is CCN(CC(C)C)C(CN)c1ccc(COC)cc1. The number of likely N-dealkylation sites (N-methyl/N-ethyl adjacent to an activating group) is 1. The molecular weight excluding hydrogens is 236 g/mol. The molecule has 0 saturated carbocycles. The van der Waals surface area contributed by atoms with Crippen LogP contribution in [0.2, 0.25) is 0 Å². The van der Waals surface area contributed by atoms with Gasteiger partial charge in [-0.3, -0.25) is 4.90 Å². The molecule has 1 rings (SSSR count). The first-order valence-electron chi connectivity index (χ1n) is 7.14. The predicted molar refractivity (Wildman–Crippen MR) is 81.0 cm³/mol. The molecule has 108 valence electrons. The average molecular weight is 264 g/mol. The van der Waals surface area contributed by atoms with Gasteiger partial charge in [0.25, 0.3) is 0 Å². The van der Waals surface area contributed by atoms with Gasteiger partial charge in [-0.15, -0.1) is 0 Å². The van der Waals surface area contributed by atoms with Gasteiger partial charge in [0.05, 0.1) is 6.61 Å². The van der Waals surface area contributed by atoms with Gasteiger partial charge >= 0.3 is 0 Å². The Balaban J connectivity index is 2.82. The molecule has 1 aromatic carbocycles. The highest BCUT2D eigenvalue weighted by molar-refractivity contribution is 5.25. The van der Waals surface area contributed by atoms with Crippen LogP contribution in [0.1, 0.15) is 37.9 Å². The van der Waals surface area contributed by atoms with Crippen LogP contribution in [0.15, 0.2) is 24.3 Å². The average Bonchev–Trinajstić information content (AvgIpc) is 2.40. The lowest BCUT2D eigenvalue weighted by atomic mass is 10.0. The summed E-state index contributed by atoms with van der Waals surface area (Å²) in [6.07, 6.45) is 0. The van der Waals surface area contributed by atoms with Gasteiger partial charge in [-0.2, -0.15) is 0 Å². The Kier molecular flexibility index (Phi) is 7.06. The zero-order chi connectivity index (χ0) is 14.3. The van der Waals surface area contributed by atoms with E-state index in [0.29, 0.717) is 25.1 Å². The van der Waals surface area contributed by atoms with E-state index in [1.165, 1.54) is 11.1 Å². The molecule has 0 amide bonds. The van der Waals surface area contributed by atoms with Crippen LogP contribution >= 0.6 is 0 Å². The molecule has 0 heterocycles. The third-order valence-electron chi connectivity index (χ3n) is 3.35. The number of hydrogen-bond donors (Lipinski definition) is 1. The van der Waals surface area contributed by atoms with Gasteiger partial charge in [0.1, 0.15) is 0 Å². The van der Waals surface area contributed by atoms with Crippen molar-refractivity contribution in [3.05, 3.63) is 35.4 Å². The normalized spacial score (nSPS) is 13.2. The third kappa shape index (κ3) is 4.94. The van der Waals surface area contributed by atoms with Gasteiger partial charge in [-0.25, -0.2) is 0 Å². The van der Waals surface area contributed by atoms with E-state index in [1.54, 1.807) is 7.11 Å². The Hall–Kier alpha value is -0.900. The zero-order valence-electron chi connectivity index (χ0n) is 12.7. The molecule has 0 fully saturated rings. The van der Waals surface area contributed by atoms with E-state index in [9.17, 15) is 0 Å². The number of ether oxygens (including phenoxy) is 1. The Bertz CT molecular complexity index is 348. The summed E-state index contributed by atoms with van der Waals surface area (Å²) in [5.74, 6) is 0.654. The van der Waals surface area contributed by atoms with Gasteiger partial charge in [0, 0.05) is 26.2 Å². The summed E-state index contributed by atoms with van der Waals surface area (Å²) in [7, 11) is 1.72. The van der Waals surface area contributed by atoms with Gasteiger partial charge < -0.3 is 10.5 Å². The highest BCUT2D eigenvalue weighted by atomic mass is 16.5. The molecule has 0 spiro atoms. The lowest BCUT2D eigenvalue weighted by molar-refractivity contribution is 0.184. The Labute approximate surface area is 117 Å². The summed E-state index contributed by atoms with van der Waals surface area (Å²) >= 11 is 0. The summed E-state index contributed by atoms with van der Waals surface area (Å²) in [5, 5.41) is 0. The highest BCUT2D eigenvalue weighted by Gasteiger charge is 2.18. The molecule has 0 aromatic heterocycles. The van der Waals surface area contributed by atoms with Crippen molar-refractivity contribution >= 4 is 0 Å². The minimum Gasteiger partial charge on any atom is -0.380 e. The van der Waals surface area contributed by atoms with Crippen molar-refractivity contribution in [3.63, 3.8) is 0 Å². The fourth-order valence-electron chi connectivity index (χ4n) is 2.44. The van der Waals surface area contributed by atoms with Crippen LogP contribution < -0.4 is 5.73 Å². The number of nitrogens with two attached hydrogens (primary N) is 1. The fraction of sp³-hybridized carbons (Fsp3) is 0.625. The van der Waals surface area contributed by atoms with Gasteiger partial charge in [-0.05, 0) is 23.6 Å². The van der Waals surface area contributed by atoms with Crippen molar-refractivity contribution in [3.8, 4) is 0 Å². The molecule has 0 aliphatic heterocycles. The van der Waals surface area contributed by atoms with Crippen LogP contribution in [0.3, 0.4) is 0 Å². The van der Waals surface area contributed by atoms with Gasteiger partial charge in [-0.1, -0.05) is 45.0 Å². The summed E-state index contributed by atoms with van der Waals surface area (Å²) < 4.78 is 5.14. The monoisotopic (exact) mass is 264 g/mol. The van der Waals surface area contributed by atoms with E-state index < -0.39 is 0 Å². The first-order valence-corrected chi connectivity index (χ1v) is 7.14. The lowest BCUT2D eigenvalue weighted by Gasteiger charge is -2.31. The summed E-state index contributed by atoms with van der Waals surface area (Å²) in [5.41, 5.74) is 8.49. The van der Waals surface area contributed by atoms with E-state index in [1.807, 2.05) is 0 Å². The molecule has 3 heteroatoms. The molecule has 19 heavy (non-hydrogen) atoms. The van der Waals surface area contributed by atoms with Crippen LogP contribution in [0.5, 0.6) is 0 Å². The largest absolute Gasteiger partial charge is 0.380 e. The molecule has 2 N–H and O–H groups in total. The van der Waals surface area contributed by atoms with Crippen molar-refractivity contribution in [2.24, 2.45) is 11.7 Å². The summed E-state index contributed by atoms with van der Waals surface area (Å²) in [6, 6.07) is 8.92. The second-order valence-corrected chi connectivity index (χ2v) is 5.41. The summed E-state index contributed by atoms with van der Waals surface area (Å²) in [6.45, 7) is 10.1. The van der Waals surface area contributed by atoms with Crippen LogP contribution in [0, 0.1) is 5.92 Å². The molecular formula is C16H28N2O. The van der Waals surface area contributed by atoms with Crippen molar-refractivity contribution in [1.29, 1.82) is 0 Å². The van der Waals surface area contributed by atoms with E-state index in [0.717, 1.165) is 13.1 Å². The Morgan fingerprint density at radius 2 is 1.84 bits per heavy atom. The van der Waals surface area contributed by atoms with Crippen molar-refractivity contribution in [2.75, 3.05) is 26.7 Å². The maximum atomic E-state index is 5.99. The van der Waals surface area contributed by atoms with Gasteiger partial charge in [0.15, 0.2) is 0 Å². The van der Waals surface area contributed by atoms with Crippen molar-refractivity contribution in [1.82, 2.24) is 4.90 Å². The minimum atomic E-state index is 0.309. The minimum absolute atomic E-state index is 0.309. The maximum absolute atomic E-state index is 5.99. The molecule has 1 atom stereocenters. The van der Waals surface area contributed by atoms with Crippen molar-refractivity contribution in [2.45, 2.75) is 33.4 Å². The van der Waals surface area contributed by atoms with E-state index in [4.69, 9.17) is 10.5 Å². The molecule has 0 aliphatic carbocycles. The number of hydrogen-bond acceptors (Lipinski definition) is 3. The quantitative estimate of drug-likeness (QED) is 0.784. The molecule has 0 bridgehead atoms. The number of nitrogens with zero attached hydrogens (tertiary/aromatic N) is 1. The predicted octanol–water partition coefficient (Wildman–Crippen LogP) is 2.81. The van der Waals surface area contributed by atoms with Crippen molar-refractivity contribution < 1.29 is 4.74 Å². The molecule has 1 aromatic rings. The highest BCUT2D eigenvalue weighted by Crippen LogP contribution is 2.21. The second kappa shape index (κ2) is 8.31. The smallest absolute Gasteiger partial charge is 0.0713 e. The Morgan fingerprint density at radius 3 is 2.26 bits per heavy atom. The zero-order valence-corrected chi connectivity index (χ0v) is 12.7. The lowest BCUT2D eigenvalue weighted by Crippen LogP contribution is -2.36. The first-order chi connectivity index (χ1) is 9.12. The van der Waals surface area contributed by atoms with E-state index >= 15 is 0 Å². The fourth-order valence-corrected chi connectivity index (χ4v) is 2.44. The molecule has 0 aliphatic rings. The molecule has 3 nitrogen and oxygen atoms in total. The van der Waals surface area contributed by atoms with Gasteiger partial charge in [0.2, 0.25) is 0 Å². The topological polar surface area (TPSA) is 38.5 Å². The maximum Gasteiger partial charge on any atom is 0.0713 e. The Morgan fingerprint density at radius 1 is 1.21 bits per heavy atom.